The molecule has 1 aromatic carbocycles. The third-order valence-corrected chi connectivity index (χ3v) is 2.82. The molecule has 2 N–H and O–H groups in total. The summed E-state index contributed by atoms with van der Waals surface area (Å²) in [6.45, 7) is 3.52. The predicted octanol–water partition coefficient (Wildman–Crippen LogP) is 1.79. The first kappa shape index (κ1) is 14.5. The van der Waals surface area contributed by atoms with E-state index < -0.39 is 6.04 Å². The lowest BCUT2D eigenvalue weighted by Crippen LogP contribution is -2.43. The highest BCUT2D eigenvalue weighted by molar-refractivity contribution is 5.76. The van der Waals surface area contributed by atoms with E-state index in [1.165, 1.54) is 7.11 Å². The van der Waals surface area contributed by atoms with Crippen molar-refractivity contribution in [3.8, 4) is 0 Å². The summed E-state index contributed by atoms with van der Waals surface area (Å²) in [6.07, 6.45) is 2.18. The summed E-state index contributed by atoms with van der Waals surface area (Å²) in [5.41, 5.74) is 6.91. The molecule has 0 aromatic heterocycles. The minimum Gasteiger partial charge on any atom is -0.468 e. The van der Waals surface area contributed by atoms with Crippen molar-refractivity contribution in [3.63, 3.8) is 0 Å². The zero-order valence-electron chi connectivity index (χ0n) is 11.1. The molecule has 0 radical (unpaired) electrons. The second-order valence-corrected chi connectivity index (χ2v) is 4.26. The van der Waals surface area contributed by atoms with E-state index in [1.54, 1.807) is 0 Å². The molecule has 0 heterocycles. The Bertz CT molecular complexity index is 354. The van der Waals surface area contributed by atoms with Gasteiger partial charge in [0, 0.05) is 18.8 Å². The Morgan fingerprint density at radius 1 is 1.39 bits per heavy atom. The molecule has 0 saturated heterocycles. The van der Waals surface area contributed by atoms with Gasteiger partial charge < -0.3 is 15.4 Å². The third-order valence-electron chi connectivity index (χ3n) is 2.82. The number of esters is 1. The lowest BCUT2D eigenvalue weighted by molar-refractivity contribution is -0.141. The molecule has 0 spiro atoms. The number of carbonyl (C=O) groups excluding carboxylic acids is 1. The van der Waals surface area contributed by atoms with Crippen LogP contribution < -0.4 is 10.6 Å². The summed E-state index contributed by atoms with van der Waals surface area (Å²) in [4.78, 5) is 13.5. The Morgan fingerprint density at radius 3 is 2.61 bits per heavy atom. The Hall–Kier alpha value is -1.55. The summed E-state index contributed by atoms with van der Waals surface area (Å²) in [5.74, 6) is -0.368. The van der Waals surface area contributed by atoms with Crippen molar-refractivity contribution in [1.29, 1.82) is 0 Å². The number of nitrogens with two attached hydrogens (primary N) is 1. The van der Waals surface area contributed by atoms with Crippen LogP contribution in [0.15, 0.2) is 30.3 Å². The predicted molar refractivity (Wildman–Crippen MR) is 73.6 cm³/mol. The van der Waals surface area contributed by atoms with Gasteiger partial charge in [0.15, 0.2) is 0 Å². The summed E-state index contributed by atoms with van der Waals surface area (Å²) < 4.78 is 4.66. The van der Waals surface area contributed by atoms with Crippen molar-refractivity contribution >= 4 is 11.7 Å². The van der Waals surface area contributed by atoms with Gasteiger partial charge in [-0.3, -0.25) is 4.79 Å². The molecule has 1 atom stereocenters. The molecule has 100 valence electrons. The maximum atomic E-state index is 11.4. The van der Waals surface area contributed by atoms with Crippen LogP contribution in [0, 0.1) is 0 Å². The van der Waals surface area contributed by atoms with Gasteiger partial charge in [-0.15, -0.1) is 0 Å². The smallest absolute Gasteiger partial charge is 0.324 e. The molecule has 1 unspecified atom stereocenters. The molecule has 0 aliphatic carbocycles. The SMILES string of the molecule is CCCCN(CC(N)C(=O)OC)c1ccccc1. The van der Waals surface area contributed by atoms with E-state index in [-0.39, 0.29) is 5.97 Å². The number of hydrogen-bond donors (Lipinski definition) is 1. The van der Waals surface area contributed by atoms with E-state index >= 15 is 0 Å². The van der Waals surface area contributed by atoms with E-state index in [9.17, 15) is 4.79 Å². The molecule has 0 fully saturated rings. The number of anilines is 1. The van der Waals surface area contributed by atoms with E-state index in [4.69, 9.17) is 5.73 Å². The minimum atomic E-state index is -0.605. The first-order chi connectivity index (χ1) is 8.69. The molecule has 1 rings (SSSR count). The fourth-order valence-electron chi connectivity index (χ4n) is 1.78. The summed E-state index contributed by atoms with van der Waals surface area (Å²) >= 11 is 0. The third kappa shape index (κ3) is 4.37. The number of para-hydroxylation sites is 1. The topological polar surface area (TPSA) is 55.6 Å². The molecular formula is C14H22N2O2. The van der Waals surface area contributed by atoms with Crippen molar-refractivity contribution in [1.82, 2.24) is 0 Å². The normalized spacial score (nSPS) is 11.9. The van der Waals surface area contributed by atoms with Gasteiger partial charge in [0.1, 0.15) is 6.04 Å². The van der Waals surface area contributed by atoms with Crippen LogP contribution in [0.4, 0.5) is 5.69 Å². The molecule has 0 amide bonds. The van der Waals surface area contributed by atoms with Crippen molar-refractivity contribution in [2.24, 2.45) is 5.73 Å². The Balaban J connectivity index is 2.70. The van der Waals surface area contributed by atoms with Gasteiger partial charge in [0.2, 0.25) is 0 Å². The lowest BCUT2D eigenvalue weighted by atomic mass is 10.2. The van der Waals surface area contributed by atoms with E-state index in [2.05, 4.69) is 16.6 Å². The Kier molecular flexibility index (Phi) is 6.22. The van der Waals surface area contributed by atoms with Gasteiger partial charge in [-0.25, -0.2) is 0 Å². The van der Waals surface area contributed by atoms with Gasteiger partial charge in [-0.1, -0.05) is 31.5 Å². The molecule has 0 bridgehead atoms. The zero-order chi connectivity index (χ0) is 13.4. The molecule has 0 saturated carbocycles. The molecule has 18 heavy (non-hydrogen) atoms. The fourth-order valence-corrected chi connectivity index (χ4v) is 1.78. The highest BCUT2D eigenvalue weighted by Gasteiger charge is 2.18. The van der Waals surface area contributed by atoms with Crippen molar-refractivity contribution < 1.29 is 9.53 Å². The molecular weight excluding hydrogens is 228 g/mol. The van der Waals surface area contributed by atoms with Crippen LogP contribution in [0.25, 0.3) is 0 Å². The van der Waals surface area contributed by atoms with Gasteiger partial charge in [0.25, 0.3) is 0 Å². The number of carbonyl (C=O) groups is 1. The zero-order valence-corrected chi connectivity index (χ0v) is 11.1. The van der Waals surface area contributed by atoms with E-state index in [1.807, 2.05) is 30.3 Å². The van der Waals surface area contributed by atoms with Gasteiger partial charge in [0.05, 0.1) is 7.11 Å². The summed E-state index contributed by atoms with van der Waals surface area (Å²) in [5, 5.41) is 0. The second-order valence-electron chi connectivity index (χ2n) is 4.26. The number of rotatable bonds is 7. The van der Waals surface area contributed by atoms with Gasteiger partial charge in [-0.2, -0.15) is 0 Å². The first-order valence-electron chi connectivity index (χ1n) is 6.32. The Labute approximate surface area is 109 Å². The van der Waals surface area contributed by atoms with E-state index in [0.29, 0.717) is 6.54 Å². The van der Waals surface area contributed by atoms with Crippen molar-refractivity contribution in [2.75, 3.05) is 25.1 Å². The maximum Gasteiger partial charge on any atom is 0.324 e. The molecule has 1 aromatic rings. The highest BCUT2D eigenvalue weighted by atomic mass is 16.5. The monoisotopic (exact) mass is 250 g/mol. The van der Waals surface area contributed by atoms with Crippen LogP contribution >= 0.6 is 0 Å². The molecule has 4 nitrogen and oxygen atoms in total. The number of unbranched alkanes of at least 4 members (excludes halogenated alkanes) is 1. The maximum absolute atomic E-state index is 11.4. The van der Waals surface area contributed by atoms with Crippen LogP contribution in [-0.4, -0.2) is 32.2 Å². The highest BCUT2D eigenvalue weighted by Crippen LogP contribution is 2.14. The molecule has 0 aliphatic heterocycles. The number of nitrogens with zero attached hydrogens (tertiary/aromatic N) is 1. The van der Waals surface area contributed by atoms with Gasteiger partial charge in [-0.05, 0) is 18.6 Å². The number of methoxy groups -OCH3 is 1. The van der Waals surface area contributed by atoms with Crippen LogP contribution in [-0.2, 0) is 9.53 Å². The average Bonchev–Trinajstić information content (AvgIpc) is 2.43. The molecule has 4 heteroatoms. The minimum absolute atomic E-state index is 0.368. The fraction of sp³-hybridized carbons (Fsp3) is 0.500. The van der Waals surface area contributed by atoms with Crippen LogP contribution in [0.3, 0.4) is 0 Å². The van der Waals surface area contributed by atoms with Crippen molar-refractivity contribution in [3.05, 3.63) is 30.3 Å². The summed E-state index contributed by atoms with van der Waals surface area (Å²) in [6, 6.07) is 9.39. The quantitative estimate of drug-likeness (QED) is 0.750. The van der Waals surface area contributed by atoms with Crippen LogP contribution in [0.2, 0.25) is 0 Å². The average molecular weight is 250 g/mol. The number of ether oxygens (including phenoxy) is 1. The molecule has 0 aliphatic rings. The number of hydrogen-bond acceptors (Lipinski definition) is 4. The lowest BCUT2D eigenvalue weighted by Gasteiger charge is -2.26. The van der Waals surface area contributed by atoms with Gasteiger partial charge >= 0.3 is 5.97 Å². The second kappa shape index (κ2) is 7.71. The Morgan fingerprint density at radius 2 is 2.06 bits per heavy atom. The largest absolute Gasteiger partial charge is 0.468 e. The number of benzene rings is 1. The van der Waals surface area contributed by atoms with Crippen molar-refractivity contribution in [2.45, 2.75) is 25.8 Å². The standard InChI is InChI=1S/C14H22N2O2/c1-3-4-10-16(11-13(15)14(17)18-2)12-8-6-5-7-9-12/h5-9,13H,3-4,10-11,15H2,1-2H3. The first-order valence-corrected chi connectivity index (χ1v) is 6.32. The van der Waals surface area contributed by atoms with Crippen LogP contribution in [0.5, 0.6) is 0 Å². The van der Waals surface area contributed by atoms with Crippen LogP contribution in [0.1, 0.15) is 19.8 Å². The van der Waals surface area contributed by atoms with E-state index in [0.717, 1.165) is 25.1 Å². The summed E-state index contributed by atoms with van der Waals surface area (Å²) in [7, 11) is 1.36.